The van der Waals surface area contributed by atoms with E-state index in [0.29, 0.717) is 12.3 Å². The van der Waals surface area contributed by atoms with Gasteiger partial charge in [-0.25, -0.2) is 4.79 Å². The molecule has 0 radical (unpaired) electrons. The Hall–Kier alpha value is -2.22. The zero-order valence-corrected chi connectivity index (χ0v) is 25.6. The molecule has 2 N–H and O–H groups in total. The number of nitrogens with zero attached hydrogens (tertiary/aromatic N) is 1. The molecule has 37 heavy (non-hydrogen) atoms. The lowest BCUT2D eigenvalue weighted by Crippen LogP contribution is -2.57. The molecule has 0 saturated carbocycles. The first-order chi connectivity index (χ1) is 16.9. The standard InChI is InChI=1S/C29H49N3O4S/c1-18(2)12-15-21(5)32(26(34)23(17-37)30-27(35)36-29(9,10)11)24(25(33)31-28(6,7)8)22-16-19(3)13-14-20(22)4/h13-14,16,18,21,23-24,37H,12,15,17H2,1-11H3,(H,30,35)(H,31,33). The van der Waals surface area contributed by atoms with Crippen molar-refractivity contribution in [2.24, 2.45) is 5.92 Å². The van der Waals surface area contributed by atoms with Gasteiger partial charge >= 0.3 is 6.09 Å². The van der Waals surface area contributed by atoms with Gasteiger partial charge in [0.15, 0.2) is 0 Å². The summed E-state index contributed by atoms with van der Waals surface area (Å²) >= 11 is 4.38. The molecule has 0 saturated heterocycles. The quantitative estimate of drug-likeness (QED) is 0.334. The number of benzene rings is 1. The molecule has 0 heterocycles. The van der Waals surface area contributed by atoms with Crippen LogP contribution in [-0.4, -0.2) is 51.8 Å². The maximum Gasteiger partial charge on any atom is 0.408 e. The van der Waals surface area contributed by atoms with Crippen LogP contribution < -0.4 is 10.6 Å². The highest BCUT2D eigenvalue weighted by Gasteiger charge is 2.40. The van der Waals surface area contributed by atoms with Crippen LogP contribution in [0.1, 0.15) is 97.9 Å². The van der Waals surface area contributed by atoms with Gasteiger partial charge in [-0.1, -0.05) is 37.6 Å². The summed E-state index contributed by atoms with van der Waals surface area (Å²) in [4.78, 5) is 42.3. The monoisotopic (exact) mass is 535 g/mol. The summed E-state index contributed by atoms with van der Waals surface area (Å²) in [5, 5.41) is 5.77. The van der Waals surface area contributed by atoms with Crippen molar-refractivity contribution in [3.63, 3.8) is 0 Å². The van der Waals surface area contributed by atoms with E-state index in [1.807, 2.05) is 59.7 Å². The minimum atomic E-state index is -0.963. The average molecular weight is 536 g/mol. The third kappa shape index (κ3) is 11.0. The number of carbonyl (C=O) groups is 3. The van der Waals surface area contributed by atoms with Crippen molar-refractivity contribution in [2.75, 3.05) is 5.75 Å². The fourth-order valence-corrected chi connectivity index (χ4v) is 4.29. The van der Waals surface area contributed by atoms with Crippen molar-refractivity contribution in [1.29, 1.82) is 0 Å². The number of ether oxygens (including phenoxy) is 1. The number of nitrogens with one attached hydrogen (secondary N) is 2. The highest BCUT2D eigenvalue weighted by molar-refractivity contribution is 7.80. The molecule has 1 rings (SSSR count). The second-order valence-corrected chi connectivity index (χ2v) is 12.8. The lowest BCUT2D eigenvalue weighted by molar-refractivity contribution is -0.145. The first-order valence-corrected chi connectivity index (χ1v) is 13.8. The highest BCUT2D eigenvalue weighted by Crippen LogP contribution is 2.31. The van der Waals surface area contributed by atoms with Gasteiger partial charge in [0.2, 0.25) is 11.8 Å². The van der Waals surface area contributed by atoms with Gasteiger partial charge in [-0.15, -0.1) is 0 Å². The number of hydrogen-bond acceptors (Lipinski definition) is 5. The minimum Gasteiger partial charge on any atom is -0.444 e. The van der Waals surface area contributed by atoms with Gasteiger partial charge in [0, 0.05) is 17.3 Å². The van der Waals surface area contributed by atoms with Gasteiger partial charge in [-0.2, -0.15) is 12.6 Å². The zero-order valence-electron chi connectivity index (χ0n) is 24.7. The Labute approximate surface area is 229 Å². The lowest BCUT2D eigenvalue weighted by atomic mass is 9.93. The molecule has 0 aromatic heterocycles. The molecule has 0 spiro atoms. The molecule has 0 aliphatic heterocycles. The number of amides is 3. The van der Waals surface area contributed by atoms with Crippen LogP contribution in [0.5, 0.6) is 0 Å². The van der Waals surface area contributed by atoms with Gasteiger partial charge in [-0.3, -0.25) is 9.59 Å². The maximum absolute atomic E-state index is 14.2. The predicted molar refractivity (Wildman–Crippen MR) is 154 cm³/mol. The van der Waals surface area contributed by atoms with Gasteiger partial charge in [0.1, 0.15) is 17.7 Å². The molecule has 0 aliphatic carbocycles. The largest absolute Gasteiger partial charge is 0.444 e. The van der Waals surface area contributed by atoms with Crippen LogP contribution in [0.15, 0.2) is 18.2 Å². The maximum atomic E-state index is 14.2. The van der Waals surface area contributed by atoms with Crippen molar-refractivity contribution >= 4 is 30.5 Å². The fraction of sp³-hybridized carbons (Fsp3) is 0.690. The van der Waals surface area contributed by atoms with E-state index in [9.17, 15) is 14.4 Å². The van der Waals surface area contributed by atoms with Crippen molar-refractivity contribution in [3.05, 3.63) is 34.9 Å². The molecular formula is C29H49N3O4S. The fourth-order valence-electron chi connectivity index (χ4n) is 4.04. The van der Waals surface area contributed by atoms with Crippen LogP contribution in [0.4, 0.5) is 4.79 Å². The Bertz CT molecular complexity index is 934. The van der Waals surface area contributed by atoms with E-state index in [1.165, 1.54) is 0 Å². The SMILES string of the molecule is Cc1ccc(C)c(C(C(=O)NC(C)(C)C)N(C(=O)C(CS)NC(=O)OC(C)(C)C)C(C)CCC(C)C)c1. The van der Waals surface area contributed by atoms with E-state index in [4.69, 9.17) is 4.74 Å². The molecule has 8 heteroatoms. The molecule has 0 bridgehead atoms. The first kappa shape index (κ1) is 32.8. The van der Waals surface area contributed by atoms with Gasteiger partial charge in [-0.05, 0) is 92.2 Å². The summed E-state index contributed by atoms with van der Waals surface area (Å²) in [7, 11) is 0. The first-order valence-electron chi connectivity index (χ1n) is 13.2. The molecular weight excluding hydrogens is 486 g/mol. The summed E-state index contributed by atoms with van der Waals surface area (Å²) in [6.45, 7) is 21.2. The molecule has 7 nitrogen and oxygen atoms in total. The Morgan fingerprint density at radius 3 is 2.08 bits per heavy atom. The summed E-state index contributed by atoms with van der Waals surface area (Å²) in [5.41, 5.74) is 1.46. The summed E-state index contributed by atoms with van der Waals surface area (Å²) in [6, 6.07) is 3.82. The predicted octanol–water partition coefficient (Wildman–Crippen LogP) is 5.74. The number of alkyl carbamates (subject to hydrolysis) is 1. The molecule has 1 aromatic carbocycles. The van der Waals surface area contributed by atoms with E-state index in [-0.39, 0.29) is 23.6 Å². The van der Waals surface area contributed by atoms with E-state index in [0.717, 1.165) is 23.1 Å². The van der Waals surface area contributed by atoms with Crippen molar-refractivity contribution in [3.8, 4) is 0 Å². The highest BCUT2D eigenvalue weighted by atomic mass is 32.1. The van der Waals surface area contributed by atoms with Gasteiger partial charge in [0.05, 0.1) is 0 Å². The third-order valence-corrected chi connectivity index (χ3v) is 6.18. The molecule has 0 fully saturated rings. The number of rotatable bonds is 10. The third-order valence-electron chi connectivity index (χ3n) is 5.82. The minimum absolute atomic E-state index is 0.0614. The van der Waals surface area contributed by atoms with Gasteiger partial charge < -0.3 is 20.3 Å². The molecule has 210 valence electrons. The summed E-state index contributed by atoms with van der Waals surface area (Å²) in [5.74, 6) is -0.137. The zero-order chi connectivity index (χ0) is 28.7. The van der Waals surface area contributed by atoms with E-state index >= 15 is 0 Å². The van der Waals surface area contributed by atoms with Crippen LogP contribution in [-0.2, 0) is 14.3 Å². The smallest absolute Gasteiger partial charge is 0.408 e. The number of aryl methyl sites for hydroxylation is 2. The van der Waals surface area contributed by atoms with Crippen LogP contribution in [0, 0.1) is 19.8 Å². The average Bonchev–Trinajstić information content (AvgIpc) is 2.72. The van der Waals surface area contributed by atoms with E-state index in [1.54, 1.807) is 25.7 Å². The normalized spacial score (nSPS) is 14.5. The second-order valence-electron chi connectivity index (χ2n) is 12.4. The van der Waals surface area contributed by atoms with Crippen LogP contribution >= 0.6 is 12.6 Å². The number of carbonyl (C=O) groups excluding carboxylic acids is 3. The van der Waals surface area contributed by atoms with E-state index in [2.05, 4.69) is 37.1 Å². The Kier molecular flexibility index (Phi) is 12.0. The number of hydrogen-bond donors (Lipinski definition) is 3. The molecule has 3 unspecified atom stereocenters. The van der Waals surface area contributed by atoms with Crippen molar-refractivity contribution in [2.45, 2.75) is 118 Å². The molecule has 1 aromatic rings. The van der Waals surface area contributed by atoms with Crippen molar-refractivity contribution < 1.29 is 19.1 Å². The van der Waals surface area contributed by atoms with Crippen LogP contribution in [0.2, 0.25) is 0 Å². The lowest BCUT2D eigenvalue weighted by Gasteiger charge is -2.40. The second kappa shape index (κ2) is 13.5. The number of thiol groups is 1. The Balaban J connectivity index is 3.65. The van der Waals surface area contributed by atoms with Crippen LogP contribution in [0.25, 0.3) is 0 Å². The summed E-state index contributed by atoms with van der Waals surface area (Å²) < 4.78 is 5.40. The summed E-state index contributed by atoms with van der Waals surface area (Å²) in [6.07, 6.45) is 0.896. The Morgan fingerprint density at radius 2 is 1.59 bits per heavy atom. The van der Waals surface area contributed by atoms with Crippen molar-refractivity contribution in [1.82, 2.24) is 15.5 Å². The topological polar surface area (TPSA) is 87.7 Å². The van der Waals surface area contributed by atoms with Gasteiger partial charge in [0.25, 0.3) is 0 Å². The molecule has 3 atom stereocenters. The Morgan fingerprint density at radius 1 is 1.00 bits per heavy atom. The van der Waals surface area contributed by atoms with Crippen LogP contribution in [0.3, 0.4) is 0 Å². The van der Waals surface area contributed by atoms with E-state index < -0.39 is 29.3 Å². The molecule has 3 amide bonds. The molecule has 0 aliphatic rings.